The SMILES string of the molecule is C(#Cc1cnc2c(c1)CCN2)c1ccccc1. The van der Waals surface area contributed by atoms with Crippen molar-refractivity contribution in [2.24, 2.45) is 0 Å². The maximum absolute atomic E-state index is 4.36. The van der Waals surface area contributed by atoms with Crippen molar-refractivity contribution < 1.29 is 0 Å². The Morgan fingerprint density at radius 2 is 1.88 bits per heavy atom. The van der Waals surface area contributed by atoms with Gasteiger partial charge >= 0.3 is 0 Å². The van der Waals surface area contributed by atoms with Crippen molar-refractivity contribution in [2.45, 2.75) is 6.42 Å². The van der Waals surface area contributed by atoms with Gasteiger partial charge in [0.1, 0.15) is 5.82 Å². The zero-order chi connectivity index (χ0) is 11.5. The van der Waals surface area contributed by atoms with E-state index in [4.69, 9.17) is 0 Å². The van der Waals surface area contributed by atoms with Crippen molar-refractivity contribution in [3.63, 3.8) is 0 Å². The highest BCUT2D eigenvalue weighted by atomic mass is 15.0. The van der Waals surface area contributed by atoms with E-state index in [0.717, 1.165) is 29.9 Å². The molecule has 2 heteroatoms. The van der Waals surface area contributed by atoms with Crippen LogP contribution in [-0.4, -0.2) is 11.5 Å². The highest BCUT2D eigenvalue weighted by Gasteiger charge is 2.10. The fourth-order valence-corrected chi connectivity index (χ4v) is 1.91. The molecule has 0 unspecified atom stereocenters. The van der Waals surface area contributed by atoms with E-state index in [1.165, 1.54) is 5.56 Å². The molecule has 1 N–H and O–H groups in total. The molecule has 82 valence electrons. The minimum absolute atomic E-state index is 0.983. The van der Waals surface area contributed by atoms with E-state index >= 15 is 0 Å². The average Bonchev–Trinajstić information content (AvgIpc) is 2.85. The van der Waals surface area contributed by atoms with Crippen LogP contribution in [0.4, 0.5) is 5.82 Å². The van der Waals surface area contributed by atoms with Crippen molar-refractivity contribution in [3.05, 3.63) is 59.3 Å². The summed E-state index contributed by atoms with van der Waals surface area (Å²) in [7, 11) is 0. The van der Waals surface area contributed by atoms with Gasteiger partial charge in [-0.05, 0) is 30.2 Å². The molecule has 2 heterocycles. The fraction of sp³-hybridized carbons (Fsp3) is 0.133. The number of fused-ring (bicyclic) bond motifs is 1. The molecule has 1 aliphatic rings. The Kier molecular flexibility index (Phi) is 2.51. The van der Waals surface area contributed by atoms with Gasteiger partial charge in [-0.3, -0.25) is 0 Å². The van der Waals surface area contributed by atoms with Crippen LogP contribution in [0.25, 0.3) is 0 Å². The molecule has 2 nitrogen and oxygen atoms in total. The normalized spacial score (nSPS) is 12.2. The molecule has 1 aromatic heterocycles. The first-order valence-corrected chi connectivity index (χ1v) is 5.72. The molecule has 0 bridgehead atoms. The second-order valence-electron chi connectivity index (χ2n) is 4.02. The third-order valence-electron chi connectivity index (χ3n) is 2.78. The molecular weight excluding hydrogens is 208 g/mol. The fourth-order valence-electron chi connectivity index (χ4n) is 1.91. The van der Waals surface area contributed by atoms with E-state index in [9.17, 15) is 0 Å². The zero-order valence-electron chi connectivity index (χ0n) is 9.40. The molecule has 17 heavy (non-hydrogen) atoms. The van der Waals surface area contributed by atoms with Gasteiger partial charge in [-0.25, -0.2) is 4.98 Å². The van der Waals surface area contributed by atoms with Crippen LogP contribution < -0.4 is 5.32 Å². The first-order chi connectivity index (χ1) is 8.42. The van der Waals surface area contributed by atoms with Gasteiger partial charge in [0.15, 0.2) is 0 Å². The van der Waals surface area contributed by atoms with Crippen LogP contribution >= 0.6 is 0 Å². The standard InChI is InChI=1S/C15H12N2/c1-2-4-12(5-3-1)6-7-13-10-14-8-9-16-15(14)17-11-13/h1-5,10-11H,8-9H2,(H,16,17). The molecular formula is C15H12N2. The molecule has 0 saturated carbocycles. The Bertz CT molecular complexity index is 591. The van der Waals surface area contributed by atoms with Crippen LogP contribution in [-0.2, 0) is 6.42 Å². The quantitative estimate of drug-likeness (QED) is 0.690. The molecule has 1 aromatic carbocycles. The van der Waals surface area contributed by atoms with Crippen molar-refractivity contribution >= 4 is 5.82 Å². The second kappa shape index (κ2) is 4.31. The van der Waals surface area contributed by atoms with Gasteiger partial charge in [0, 0.05) is 23.9 Å². The molecule has 0 atom stereocenters. The number of hydrogen-bond acceptors (Lipinski definition) is 2. The molecule has 0 spiro atoms. The van der Waals surface area contributed by atoms with Crippen LogP contribution in [0.5, 0.6) is 0 Å². The number of rotatable bonds is 0. The summed E-state index contributed by atoms with van der Waals surface area (Å²) in [5, 5.41) is 3.24. The maximum Gasteiger partial charge on any atom is 0.129 e. The van der Waals surface area contributed by atoms with Gasteiger partial charge in [-0.2, -0.15) is 0 Å². The molecule has 0 aliphatic carbocycles. The lowest BCUT2D eigenvalue weighted by Gasteiger charge is -1.97. The number of aromatic nitrogens is 1. The predicted molar refractivity (Wildman–Crippen MR) is 68.9 cm³/mol. The minimum Gasteiger partial charge on any atom is -0.370 e. The average molecular weight is 220 g/mol. The molecule has 0 radical (unpaired) electrons. The summed E-state index contributed by atoms with van der Waals surface area (Å²) in [5.41, 5.74) is 3.28. The Balaban J connectivity index is 1.89. The lowest BCUT2D eigenvalue weighted by atomic mass is 10.1. The van der Waals surface area contributed by atoms with Crippen molar-refractivity contribution in [1.82, 2.24) is 4.98 Å². The summed E-state index contributed by atoms with van der Waals surface area (Å²) < 4.78 is 0. The second-order valence-corrected chi connectivity index (χ2v) is 4.02. The largest absolute Gasteiger partial charge is 0.370 e. The number of pyridine rings is 1. The summed E-state index contributed by atoms with van der Waals surface area (Å²) in [4.78, 5) is 4.36. The lowest BCUT2D eigenvalue weighted by Crippen LogP contribution is -1.92. The van der Waals surface area contributed by atoms with E-state index in [0.29, 0.717) is 0 Å². The Labute approximate surface area is 101 Å². The topological polar surface area (TPSA) is 24.9 Å². The summed E-state index contributed by atoms with van der Waals surface area (Å²) in [6, 6.07) is 12.1. The Hall–Kier alpha value is -2.27. The van der Waals surface area contributed by atoms with E-state index in [1.54, 1.807) is 0 Å². The number of nitrogens with zero attached hydrogens (tertiary/aromatic N) is 1. The van der Waals surface area contributed by atoms with Crippen LogP contribution in [0, 0.1) is 11.8 Å². The van der Waals surface area contributed by atoms with Crippen LogP contribution in [0.15, 0.2) is 42.6 Å². The smallest absolute Gasteiger partial charge is 0.129 e. The lowest BCUT2D eigenvalue weighted by molar-refractivity contribution is 1.11. The third-order valence-corrected chi connectivity index (χ3v) is 2.78. The molecule has 0 fully saturated rings. The predicted octanol–water partition coefficient (Wildman–Crippen LogP) is 2.45. The maximum atomic E-state index is 4.36. The molecule has 0 amide bonds. The summed E-state index contributed by atoms with van der Waals surface area (Å²) in [6.45, 7) is 0.984. The molecule has 2 aromatic rings. The van der Waals surface area contributed by atoms with Crippen molar-refractivity contribution in [2.75, 3.05) is 11.9 Å². The monoisotopic (exact) mass is 220 g/mol. The third kappa shape index (κ3) is 2.14. The van der Waals surface area contributed by atoms with Crippen LogP contribution in [0.3, 0.4) is 0 Å². The van der Waals surface area contributed by atoms with E-state index in [2.05, 4.69) is 28.2 Å². The molecule has 0 saturated heterocycles. The van der Waals surface area contributed by atoms with E-state index in [1.807, 2.05) is 36.5 Å². The van der Waals surface area contributed by atoms with Crippen LogP contribution in [0.1, 0.15) is 16.7 Å². The highest BCUT2D eigenvalue weighted by molar-refractivity contribution is 5.53. The molecule has 1 aliphatic heterocycles. The summed E-state index contributed by atoms with van der Waals surface area (Å²) in [6.07, 6.45) is 2.87. The Morgan fingerprint density at radius 3 is 2.76 bits per heavy atom. The van der Waals surface area contributed by atoms with Crippen LogP contribution in [0.2, 0.25) is 0 Å². The van der Waals surface area contributed by atoms with Gasteiger partial charge in [0.05, 0.1) is 0 Å². The van der Waals surface area contributed by atoms with Crippen molar-refractivity contribution in [3.8, 4) is 11.8 Å². The number of benzene rings is 1. The van der Waals surface area contributed by atoms with Gasteiger partial charge in [0.25, 0.3) is 0 Å². The van der Waals surface area contributed by atoms with Gasteiger partial charge in [-0.1, -0.05) is 30.0 Å². The summed E-state index contributed by atoms with van der Waals surface area (Å²) in [5.74, 6) is 7.30. The molecule has 3 rings (SSSR count). The first-order valence-electron chi connectivity index (χ1n) is 5.72. The first kappa shape index (κ1) is 9.92. The van der Waals surface area contributed by atoms with Crippen molar-refractivity contribution in [1.29, 1.82) is 0 Å². The minimum atomic E-state index is 0.983. The number of hydrogen-bond donors (Lipinski definition) is 1. The van der Waals surface area contributed by atoms with Gasteiger partial charge in [0.2, 0.25) is 0 Å². The summed E-state index contributed by atoms with van der Waals surface area (Å²) >= 11 is 0. The van der Waals surface area contributed by atoms with Gasteiger partial charge < -0.3 is 5.32 Å². The zero-order valence-corrected chi connectivity index (χ0v) is 9.40. The van der Waals surface area contributed by atoms with E-state index in [-0.39, 0.29) is 0 Å². The van der Waals surface area contributed by atoms with E-state index < -0.39 is 0 Å². The highest BCUT2D eigenvalue weighted by Crippen LogP contribution is 2.19. The number of anilines is 1. The number of nitrogens with one attached hydrogen (secondary N) is 1. The van der Waals surface area contributed by atoms with Gasteiger partial charge in [-0.15, -0.1) is 0 Å². The Morgan fingerprint density at radius 1 is 1.06 bits per heavy atom.